The number of pyridine rings is 1. The van der Waals surface area contributed by atoms with Crippen LogP contribution in [0.15, 0.2) is 94.0 Å². The molecule has 0 saturated carbocycles. The van der Waals surface area contributed by atoms with Crippen LogP contribution in [0.5, 0.6) is 5.75 Å². The number of ether oxygens (including phenoxy) is 1. The highest BCUT2D eigenvalue weighted by molar-refractivity contribution is 6.09. The van der Waals surface area contributed by atoms with Crippen molar-refractivity contribution in [3.05, 3.63) is 101 Å². The largest absolute Gasteiger partial charge is 0.497 e. The van der Waals surface area contributed by atoms with E-state index in [-0.39, 0.29) is 17.6 Å². The summed E-state index contributed by atoms with van der Waals surface area (Å²) in [5, 5.41) is 6.25. The maximum absolute atomic E-state index is 13.5. The summed E-state index contributed by atoms with van der Waals surface area (Å²) in [7, 11) is 1.61. The maximum Gasteiger partial charge on any atom is 0.255 e. The van der Waals surface area contributed by atoms with Crippen molar-refractivity contribution < 1.29 is 18.7 Å². The zero-order valence-corrected chi connectivity index (χ0v) is 19.0. The van der Waals surface area contributed by atoms with Gasteiger partial charge in [0.15, 0.2) is 5.78 Å². The van der Waals surface area contributed by atoms with E-state index in [0.717, 1.165) is 17.0 Å². The summed E-state index contributed by atoms with van der Waals surface area (Å²) in [6.07, 6.45) is 4.21. The number of hydrogen-bond acceptors (Lipinski definition) is 6. The number of Topliss-reactive ketones (excluding diaryl/α,β-unsaturated/α-hetero) is 1. The van der Waals surface area contributed by atoms with Crippen molar-refractivity contribution in [2.24, 2.45) is 0 Å². The molecule has 1 amide bonds. The Morgan fingerprint density at radius 2 is 1.94 bits per heavy atom. The molecule has 0 saturated heterocycles. The van der Waals surface area contributed by atoms with Crippen LogP contribution in [0.4, 0.5) is 5.82 Å². The van der Waals surface area contributed by atoms with E-state index in [9.17, 15) is 9.59 Å². The predicted octanol–water partition coefficient (Wildman–Crippen LogP) is 4.68. The number of rotatable bonds is 5. The van der Waals surface area contributed by atoms with Crippen molar-refractivity contribution in [1.29, 1.82) is 0 Å². The molecule has 0 spiro atoms. The summed E-state index contributed by atoms with van der Waals surface area (Å²) in [6, 6.07) is 16.6. The summed E-state index contributed by atoms with van der Waals surface area (Å²) in [5.41, 5.74) is 3.53. The lowest BCUT2D eigenvalue weighted by Crippen LogP contribution is -2.37. The molecule has 2 N–H and O–H groups in total. The first kappa shape index (κ1) is 21.7. The summed E-state index contributed by atoms with van der Waals surface area (Å²) in [6.45, 7) is 1.87. The van der Waals surface area contributed by atoms with Gasteiger partial charge in [-0.2, -0.15) is 0 Å². The standard InChI is InChI=1S/C27H25N3O4/c1-16-24(27(32)30-23-7-3-4-12-28-23)25(17-8-10-19(33-2)11-9-17)26-20(29-16)14-18(15-21(26)31)22-6-5-13-34-22/h3-13,18,25,29H,14-15H2,1-2H3,(H,28,30,32)/t18-,25-/m0/s1. The number of amides is 1. The number of dihydropyridines is 1. The minimum atomic E-state index is -0.504. The minimum absolute atomic E-state index is 0.00611. The first-order valence-corrected chi connectivity index (χ1v) is 11.2. The van der Waals surface area contributed by atoms with Crippen LogP contribution >= 0.6 is 0 Å². The molecule has 172 valence electrons. The molecule has 0 bridgehead atoms. The number of hydrogen-bond donors (Lipinski definition) is 2. The second-order valence-electron chi connectivity index (χ2n) is 8.47. The molecular weight excluding hydrogens is 430 g/mol. The Kier molecular flexibility index (Phi) is 5.76. The first-order chi connectivity index (χ1) is 16.5. The highest BCUT2D eigenvalue weighted by Gasteiger charge is 2.41. The highest BCUT2D eigenvalue weighted by Crippen LogP contribution is 2.45. The number of anilines is 1. The topological polar surface area (TPSA) is 93.5 Å². The lowest BCUT2D eigenvalue weighted by atomic mass is 9.72. The number of allylic oxidation sites excluding steroid dienone is 3. The number of methoxy groups -OCH3 is 1. The first-order valence-electron chi connectivity index (χ1n) is 11.2. The van der Waals surface area contributed by atoms with Gasteiger partial charge >= 0.3 is 0 Å². The Bertz CT molecular complexity index is 1280. The lowest BCUT2D eigenvalue weighted by Gasteiger charge is -2.36. The van der Waals surface area contributed by atoms with Gasteiger partial charge in [-0.3, -0.25) is 9.59 Å². The van der Waals surface area contributed by atoms with E-state index in [1.807, 2.05) is 49.4 Å². The second kappa shape index (κ2) is 9.02. The van der Waals surface area contributed by atoms with Crippen LogP contribution in [-0.2, 0) is 9.59 Å². The smallest absolute Gasteiger partial charge is 0.255 e. The van der Waals surface area contributed by atoms with Crippen LogP contribution in [0, 0.1) is 0 Å². The number of furan rings is 1. The lowest BCUT2D eigenvalue weighted by molar-refractivity contribution is -0.116. The van der Waals surface area contributed by atoms with E-state index in [1.165, 1.54) is 0 Å². The monoisotopic (exact) mass is 455 g/mol. The van der Waals surface area contributed by atoms with Crippen LogP contribution in [-0.4, -0.2) is 23.8 Å². The van der Waals surface area contributed by atoms with Crippen molar-refractivity contribution in [2.75, 3.05) is 12.4 Å². The average molecular weight is 456 g/mol. The van der Waals surface area contributed by atoms with Gasteiger partial charge in [0, 0.05) is 47.0 Å². The fraction of sp³-hybridized carbons (Fsp3) is 0.222. The number of carbonyl (C=O) groups excluding carboxylic acids is 2. The fourth-order valence-electron chi connectivity index (χ4n) is 4.81. The Labute approximate surface area is 197 Å². The van der Waals surface area contributed by atoms with Gasteiger partial charge in [-0.1, -0.05) is 18.2 Å². The third kappa shape index (κ3) is 4.01. The average Bonchev–Trinajstić information content (AvgIpc) is 3.39. The Morgan fingerprint density at radius 1 is 1.12 bits per heavy atom. The Morgan fingerprint density at radius 3 is 2.62 bits per heavy atom. The van der Waals surface area contributed by atoms with Gasteiger partial charge in [0.05, 0.1) is 13.4 Å². The van der Waals surface area contributed by atoms with Crippen LogP contribution < -0.4 is 15.4 Å². The van der Waals surface area contributed by atoms with Gasteiger partial charge < -0.3 is 19.8 Å². The second-order valence-corrected chi connectivity index (χ2v) is 8.47. The van der Waals surface area contributed by atoms with Crippen LogP contribution in [0.1, 0.15) is 42.9 Å². The van der Waals surface area contributed by atoms with E-state index < -0.39 is 5.92 Å². The molecule has 7 heteroatoms. The molecule has 1 aliphatic heterocycles. The molecule has 5 rings (SSSR count). The number of nitrogens with zero attached hydrogens (tertiary/aromatic N) is 1. The summed E-state index contributed by atoms with van der Waals surface area (Å²) in [4.78, 5) is 31.3. The molecule has 2 aliphatic rings. The van der Waals surface area contributed by atoms with Crippen molar-refractivity contribution in [3.8, 4) is 5.75 Å². The van der Waals surface area contributed by atoms with E-state index in [2.05, 4.69) is 15.6 Å². The molecule has 1 aromatic carbocycles. The molecule has 0 fully saturated rings. The normalized spacial score (nSPS) is 20.0. The highest BCUT2D eigenvalue weighted by atomic mass is 16.5. The van der Waals surface area contributed by atoms with Crippen LogP contribution in [0.25, 0.3) is 0 Å². The summed E-state index contributed by atoms with van der Waals surface area (Å²) >= 11 is 0. The zero-order chi connectivity index (χ0) is 23.7. The molecule has 0 unspecified atom stereocenters. The SMILES string of the molecule is COc1ccc([C@H]2C(C(=O)Nc3ccccn3)=C(C)NC3=C2C(=O)C[C@@H](c2ccco2)C3)cc1. The van der Waals surface area contributed by atoms with Crippen molar-refractivity contribution >= 4 is 17.5 Å². The van der Waals surface area contributed by atoms with Crippen LogP contribution in [0.2, 0.25) is 0 Å². The Balaban J connectivity index is 1.57. The molecule has 7 nitrogen and oxygen atoms in total. The molecule has 34 heavy (non-hydrogen) atoms. The number of benzene rings is 1. The van der Waals surface area contributed by atoms with E-state index in [0.29, 0.717) is 41.3 Å². The Hall–Kier alpha value is -4.13. The molecular formula is C27H25N3O4. The van der Waals surface area contributed by atoms with Gasteiger partial charge in [0.25, 0.3) is 5.91 Å². The maximum atomic E-state index is 13.5. The molecule has 3 heterocycles. The van der Waals surface area contributed by atoms with Gasteiger partial charge in [-0.05, 0) is 55.3 Å². The van der Waals surface area contributed by atoms with Gasteiger partial charge in [0.2, 0.25) is 0 Å². The molecule has 2 atom stereocenters. The molecule has 0 radical (unpaired) electrons. The van der Waals surface area contributed by atoms with Gasteiger partial charge in [-0.15, -0.1) is 0 Å². The van der Waals surface area contributed by atoms with E-state index in [1.54, 1.807) is 31.7 Å². The summed E-state index contributed by atoms with van der Waals surface area (Å²) < 4.78 is 10.9. The van der Waals surface area contributed by atoms with Gasteiger partial charge in [-0.25, -0.2) is 4.98 Å². The summed E-state index contributed by atoms with van der Waals surface area (Å²) in [5.74, 6) is 1.12. The fourth-order valence-corrected chi connectivity index (χ4v) is 4.81. The predicted molar refractivity (Wildman–Crippen MR) is 127 cm³/mol. The minimum Gasteiger partial charge on any atom is -0.497 e. The number of aromatic nitrogens is 1. The van der Waals surface area contributed by atoms with Crippen molar-refractivity contribution in [2.45, 2.75) is 31.6 Å². The van der Waals surface area contributed by atoms with E-state index >= 15 is 0 Å². The third-order valence-corrected chi connectivity index (χ3v) is 6.37. The quantitative estimate of drug-likeness (QED) is 0.580. The van der Waals surface area contributed by atoms with Gasteiger partial charge in [0.1, 0.15) is 17.3 Å². The number of ketones is 1. The zero-order valence-electron chi connectivity index (χ0n) is 19.0. The number of carbonyl (C=O) groups is 2. The van der Waals surface area contributed by atoms with Crippen molar-refractivity contribution in [3.63, 3.8) is 0 Å². The third-order valence-electron chi connectivity index (χ3n) is 6.37. The van der Waals surface area contributed by atoms with Crippen molar-refractivity contribution in [1.82, 2.24) is 10.3 Å². The molecule has 3 aromatic rings. The van der Waals surface area contributed by atoms with Crippen LogP contribution in [0.3, 0.4) is 0 Å². The molecule has 1 aliphatic carbocycles. The number of nitrogens with one attached hydrogen (secondary N) is 2. The molecule has 2 aromatic heterocycles. The van der Waals surface area contributed by atoms with E-state index in [4.69, 9.17) is 9.15 Å².